The van der Waals surface area contributed by atoms with Crippen molar-refractivity contribution in [1.82, 2.24) is 9.55 Å². The highest BCUT2D eigenvalue weighted by molar-refractivity contribution is 6.38. The van der Waals surface area contributed by atoms with Crippen molar-refractivity contribution in [2.45, 2.75) is 12.9 Å². The van der Waals surface area contributed by atoms with Crippen LogP contribution < -0.4 is 10.9 Å². The maximum absolute atomic E-state index is 13.3. The van der Waals surface area contributed by atoms with Crippen LogP contribution in [0.3, 0.4) is 0 Å². The predicted octanol–water partition coefficient (Wildman–Crippen LogP) is 6.48. The van der Waals surface area contributed by atoms with E-state index in [0.29, 0.717) is 0 Å². The van der Waals surface area contributed by atoms with Crippen molar-refractivity contribution >= 4 is 57.3 Å². The molecule has 0 saturated heterocycles. The number of halogens is 6. The zero-order valence-electron chi connectivity index (χ0n) is 18.0. The Morgan fingerprint density at radius 3 is 2.42 bits per heavy atom. The van der Waals surface area contributed by atoms with E-state index in [9.17, 15) is 27.9 Å². The SMILES string of the molecule is C=C/C=C(/Cn1cnc2c(Cl)ccc(NC(=O)c3cc(Cl)c(O)c(Cl)c3)c2c1=O)C(=C)OC(F)(F)F. The first-order valence-corrected chi connectivity index (χ1v) is 10.9. The lowest BCUT2D eigenvalue weighted by Crippen LogP contribution is -2.24. The highest BCUT2D eigenvalue weighted by Gasteiger charge is 2.32. The number of anilines is 1. The Balaban J connectivity index is 2.05. The minimum Gasteiger partial charge on any atom is -0.505 e. The van der Waals surface area contributed by atoms with Crippen LogP contribution in [0.4, 0.5) is 18.9 Å². The standard InChI is InChI=1S/C23H15Cl3F3N3O4/c1-3-4-12(11(2)36-23(27,28)29)9-32-10-30-19-14(24)5-6-17(18(19)22(32)35)31-21(34)13-7-15(25)20(33)16(26)8-13/h3-8,10,33H,1-2,9H2,(H,31,34)/b12-4-. The van der Waals surface area contributed by atoms with Gasteiger partial charge in [0, 0.05) is 11.1 Å². The number of aromatic nitrogens is 2. The van der Waals surface area contributed by atoms with Gasteiger partial charge in [-0.1, -0.05) is 60.1 Å². The molecule has 0 aliphatic rings. The van der Waals surface area contributed by atoms with E-state index in [4.69, 9.17) is 34.8 Å². The molecule has 2 N–H and O–H groups in total. The van der Waals surface area contributed by atoms with Crippen molar-refractivity contribution in [3.8, 4) is 5.75 Å². The Labute approximate surface area is 216 Å². The number of hydrogen-bond donors (Lipinski definition) is 2. The molecule has 1 heterocycles. The van der Waals surface area contributed by atoms with E-state index < -0.39 is 35.9 Å². The normalized spacial score (nSPS) is 11.9. The second kappa shape index (κ2) is 10.7. The lowest BCUT2D eigenvalue weighted by Gasteiger charge is -2.16. The average molecular weight is 561 g/mol. The highest BCUT2D eigenvalue weighted by atomic mass is 35.5. The first-order chi connectivity index (χ1) is 16.8. The maximum atomic E-state index is 13.3. The predicted molar refractivity (Wildman–Crippen MR) is 132 cm³/mol. The zero-order chi connectivity index (χ0) is 26.8. The molecule has 188 valence electrons. The summed E-state index contributed by atoms with van der Waals surface area (Å²) in [5.74, 6) is -1.87. The monoisotopic (exact) mass is 559 g/mol. The molecule has 0 aliphatic heterocycles. The number of carbonyl (C=O) groups is 1. The first-order valence-electron chi connectivity index (χ1n) is 9.76. The van der Waals surface area contributed by atoms with Gasteiger partial charge in [0.1, 0.15) is 5.76 Å². The number of rotatable bonds is 7. The van der Waals surface area contributed by atoms with Crippen LogP contribution in [0.2, 0.25) is 15.1 Å². The van der Waals surface area contributed by atoms with Crippen LogP contribution in [0, 0.1) is 0 Å². The smallest absolute Gasteiger partial charge is 0.505 e. The van der Waals surface area contributed by atoms with Gasteiger partial charge in [0.2, 0.25) is 0 Å². The Morgan fingerprint density at radius 1 is 1.19 bits per heavy atom. The summed E-state index contributed by atoms with van der Waals surface area (Å²) >= 11 is 17.9. The summed E-state index contributed by atoms with van der Waals surface area (Å²) in [6, 6.07) is 5.09. The second-order valence-corrected chi connectivity index (χ2v) is 8.36. The van der Waals surface area contributed by atoms with Crippen LogP contribution in [0.1, 0.15) is 10.4 Å². The number of phenolic OH excluding ortho intramolecular Hbond substituents is 1. The summed E-state index contributed by atoms with van der Waals surface area (Å²) in [5, 5.41) is 11.9. The van der Waals surface area contributed by atoms with E-state index in [1.54, 1.807) is 0 Å². The van der Waals surface area contributed by atoms with Gasteiger partial charge >= 0.3 is 6.36 Å². The van der Waals surface area contributed by atoms with Crippen LogP contribution >= 0.6 is 34.8 Å². The minimum absolute atomic E-state index is 0.00573. The molecule has 0 fully saturated rings. The molecule has 36 heavy (non-hydrogen) atoms. The Bertz CT molecular complexity index is 1460. The van der Waals surface area contributed by atoms with Gasteiger partial charge < -0.3 is 15.2 Å². The summed E-state index contributed by atoms with van der Waals surface area (Å²) < 4.78 is 42.8. The minimum atomic E-state index is -4.99. The Kier molecular flexibility index (Phi) is 8.02. The largest absolute Gasteiger partial charge is 0.573 e. The lowest BCUT2D eigenvalue weighted by atomic mass is 10.1. The van der Waals surface area contributed by atoms with Crippen molar-refractivity contribution in [2.24, 2.45) is 0 Å². The molecule has 0 unspecified atom stereocenters. The van der Waals surface area contributed by atoms with Gasteiger partial charge in [0.25, 0.3) is 11.5 Å². The topological polar surface area (TPSA) is 93.5 Å². The lowest BCUT2D eigenvalue weighted by molar-refractivity contribution is -0.303. The molecule has 0 atom stereocenters. The fourth-order valence-corrected chi connectivity index (χ4v) is 3.80. The van der Waals surface area contributed by atoms with E-state index in [-0.39, 0.29) is 42.8 Å². The summed E-state index contributed by atoms with van der Waals surface area (Å²) in [5.41, 5.74) is -0.809. The van der Waals surface area contributed by atoms with Crippen LogP contribution in [0.5, 0.6) is 5.75 Å². The number of alkyl halides is 3. The first kappa shape index (κ1) is 27.1. The molecule has 3 rings (SSSR count). The van der Waals surface area contributed by atoms with Gasteiger partial charge in [0.15, 0.2) is 5.75 Å². The number of hydrogen-bond acceptors (Lipinski definition) is 5. The van der Waals surface area contributed by atoms with Crippen molar-refractivity contribution in [3.05, 3.63) is 98.2 Å². The van der Waals surface area contributed by atoms with Crippen molar-refractivity contribution in [3.63, 3.8) is 0 Å². The molecule has 0 bridgehead atoms. The highest BCUT2D eigenvalue weighted by Crippen LogP contribution is 2.33. The average Bonchev–Trinajstić information content (AvgIpc) is 2.78. The van der Waals surface area contributed by atoms with Crippen LogP contribution in [-0.4, -0.2) is 26.9 Å². The van der Waals surface area contributed by atoms with E-state index in [1.165, 1.54) is 36.4 Å². The summed E-state index contributed by atoms with van der Waals surface area (Å²) in [6.45, 7) is 6.29. The number of aromatic hydroxyl groups is 1. The summed E-state index contributed by atoms with van der Waals surface area (Å²) in [7, 11) is 0. The van der Waals surface area contributed by atoms with E-state index in [2.05, 4.69) is 28.2 Å². The van der Waals surface area contributed by atoms with Crippen LogP contribution in [0.25, 0.3) is 10.9 Å². The molecular formula is C23H15Cl3F3N3O4. The molecule has 7 nitrogen and oxygen atoms in total. The van der Waals surface area contributed by atoms with Crippen LogP contribution in [0.15, 0.2) is 72.0 Å². The quantitative estimate of drug-likeness (QED) is 0.255. The van der Waals surface area contributed by atoms with Crippen molar-refractivity contribution in [2.75, 3.05) is 5.32 Å². The molecule has 0 saturated carbocycles. The van der Waals surface area contributed by atoms with E-state index >= 15 is 0 Å². The van der Waals surface area contributed by atoms with E-state index in [1.807, 2.05) is 0 Å². The number of allylic oxidation sites excluding steroid dienone is 3. The number of ether oxygens (including phenoxy) is 1. The third-order valence-corrected chi connectivity index (χ3v) is 5.59. The fraction of sp³-hybridized carbons (Fsp3) is 0.0870. The third-order valence-electron chi connectivity index (χ3n) is 4.71. The number of benzene rings is 2. The van der Waals surface area contributed by atoms with Gasteiger partial charge in [-0.2, -0.15) is 0 Å². The van der Waals surface area contributed by atoms with Crippen LogP contribution in [-0.2, 0) is 11.3 Å². The van der Waals surface area contributed by atoms with Crippen molar-refractivity contribution < 1.29 is 27.8 Å². The Hall–Kier alpha value is -3.47. The number of carbonyl (C=O) groups excluding carboxylic acids is 1. The maximum Gasteiger partial charge on any atom is 0.573 e. The molecule has 2 aromatic carbocycles. The number of nitrogens with one attached hydrogen (secondary N) is 1. The van der Waals surface area contributed by atoms with Gasteiger partial charge in [-0.05, 0) is 24.3 Å². The number of amides is 1. The fourth-order valence-electron chi connectivity index (χ4n) is 3.10. The molecule has 1 amide bonds. The van der Waals surface area contributed by atoms with Gasteiger partial charge in [0.05, 0.1) is 44.5 Å². The molecular weight excluding hydrogens is 546 g/mol. The van der Waals surface area contributed by atoms with Crippen molar-refractivity contribution in [1.29, 1.82) is 0 Å². The molecule has 0 aliphatic carbocycles. The molecule has 1 aromatic heterocycles. The number of phenols is 1. The third kappa shape index (κ3) is 6.01. The second-order valence-electron chi connectivity index (χ2n) is 7.14. The number of fused-ring (bicyclic) bond motifs is 1. The molecule has 0 spiro atoms. The summed E-state index contributed by atoms with van der Waals surface area (Å²) in [6.07, 6.45) is -1.51. The van der Waals surface area contributed by atoms with Gasteiger partial charge in [-0.15, -0.1) is 13.2 Å². The molecule has 13 heteroatoms. The number of nitrogens with zero attached hydrogens (tertiary/aromatic N) is 2. The van der Waals surface area contributed by atoms with Gasteiger partial charge in [-0.3, -0.25) is 14.2 Å². The zero-order valence-corrected chi connectivity index (χ0v) is 20.3. The summed E-state index contributed by atoms with van der Waals surface area (Å²) in [4.78, 5) is 30.3. The van der Waals surface area contributed by atoms with E-state index in [0.717, 1.165) is 10.9 Å². The molecule has 3 aromatic rings. The molecule has 0 radical (unpaired) electrons. The van der Waals surface area contributed by atoms with Gasteiger partial charge in [-0.25, -0.2) is 4.98 Å². The Morgan fingerprint density at radius 2 is 1.83 bits per heavy atom.